The number of carbonyl (C=O) groups is 1. The number of carbonyl (C=O) groups excluding carboxylic acids is 1. The highest BCUT2D eigenvalue weighted by Crippen LogP contribution is 2.36. The van der Waals surface area contributed by atoms with Gasteiger partial charge in [-0.05, 0) is 17.7 Å². The van der Waals surface area contributed by atoms with E-state index in [1.54, 1.807) is 0 Å². The molecule has 0 aromatic heterocycles. The summed E-state index contributed by atoms with van der Waals surface area (Å²) in [6, 6.07) is 3.79. The molecule has 1 aliphatic heterocycles. The Bertz CT molecular complexity index is 453. The minimum absolute atomic E-state index is 0.248. The Kier molecular flexibility index (Phi) is 4.27. The van der Waals surface area contributed by atoms with E-state index in [2.05, 4.69) is 26.0 Å². The summed E-state index contributed by atoms with van der Waals surface area (Å²) >= 11 is 3.46. The van der Waals surface area contributed by atoms with Gasteiger partial charge in [-0.25, -0.2) is 4.79 Å². The van der Waals surface area contributed by atoms with Crippen LogP contribution in [0.1, 0.15) is 5.56 Å². The third-order valence-electron chi connectivity index (χ3n) is 2.38. The molecule has 1 aromatic carbocycles. The third kappa shape index (κ3) is 3.27. The van der Waals surface area contributed by atoms with Crippen molar-refractivity contribution in [1.82, 2.24) is 5.32 Å². The maximum Gasteiger partial charge on any atom is 0.404 e. The molecule has 7 heteroatoms. The monoisotopic (exact) mass is 316 g/mol. The molecule has 1 heterocycles. The van der Waals surface area contributed by atoms with Gasteiger partial charge in [0.25, 0.3) is 0 Å². The normalized spacial score (nSPS) is 12.5. The molecular weight excluding hydrogens is 304 g/mol. The lowest BCUT2D eigenvalue weighted by molar-refractivity contribution is 0.157. The maximum absolute atomic E-state index is 10.3. The average molecular weight is 317 g/mol. The van der Waals surface area contributed by atoms with Crippen molar-refractivity contribution < 1.29 is 19.0 Å². The molecule has 0 aliphatic carbocycles. The first kappa shape index (κ1) is 13.0. The zero-order chi connectivity index (χ0) is 13.0. The number of ether oxygens (including phenoxy) is 3. The summed E-state index contributed by atoms with van der Waals surface area (Å²) in [6.07, 6.45) is -0.763. The van der Waals surface area contributed by atoms with E-state index >= 15 is 0 Å². The van der Waals surface area contributed by atoms with Crippen LogP contribution in [0.2, 0.25) is 0 Å². The third-order valence-corrected chi connectivity index (χ3v) is 3.12. The van der Waals surface area contributed by atoms with Crippen molar-refractivity contribution in [1.29, 1.82) is 0 Å². The Morgan fingerprint density at radius 1 is 1.44 bits per heavy atom. The SMILES string of the molecule is NC(=O)OCCNCc1cc2c(cc1Br)OCO2. The summed E-state index contributed by atoms with van der Waals surface area (Å²) in [5, 5.41) is 3.13. The second-order valence-electron chi connectivity index (χ2n) is 3.64. The van der Waals surface area contributed by atoms with E-state index in [1.165, 1.54) is 0 Å². The standard InChI is InChI=1S/C11H13BrN2O4/c12-8-4-10-9(17-6-18-10)3-7(8)5-14-1-2-16-11(13)15/h3-4,14H,1-2,5-6H2,(H2,13,15). The first-order valence-electron chi connectivity index (χ1n) is 5.38. The fraction of sp³-hybridized carbons (Fsp3) is 0.364. The topological polar surface area (TPSA) is 82.8 Å². The highest BCUT2D eigenvalue weighted by molar-refractivity contribution is 9.10. The Morgan fingerprint density at radius 3 is 2.89 bits per heavy atom. The maximum atomic E-state index is 10.3. The number of hydrogen-bond acceptors (Lipinski definition) is 5. The van der Waals surface area contributed by atoms with Crippen LogP contribution in [0.15, 0.2) is 16.6 Å². The van der Waals surface area contributed by atoms with Crippen LogP contribution in [0, 0.1) is 0 Å². The van der Waals surface area contributed by atoms with E-state index in [9.17, 15) is 4.79 Å². The van der Waals surface area contributed by atoms with Gasteiger partial charge in [0.05, 0.1) is 0 Å². The summed E-state index contributed by atoms with van der Waals surface area (Å²) < 4.78 is 16.1. The molecule has 6 nitrogen and oxygen atoms in total. The molecule has 1 amide bonds. The number of halogens is 1. The molecule has 0 radical (unpaired) electrons. The highest BCUT2D eigenvalue weighted by Gasteiger charge is 2.15. The van der Waals surface area contributed by atoms with Gasteiger partial charge in [-0.3, -0.25) is 0 Å². The lowest BCUT2D eigenvalue weighted by atomic mass is 10.2. The molecule has 0 saturated heterocycles. The molecule has 1 aliphatic rings. The summed E-state index contributed by atoms with van der Waals surface area (Å²) in [5.74, 6) is 1.48. The molecule has 0 atom stereocenters. The number of rotatable bonds is 5. The quantitative estimate of drug-likeness (QED) is 0.801. The number of fused-ring (bicyclic) bond motifs is 1. The smallest absolute Gasteiger partial charge is 0.404 e. The first-order chi connectivity index (χ1) is 8.66. The van der Waals surface area contributed by atoms with Gasteiger partial charge in [0.2, 0.25) is 6.79 Å². The molecule has 0 bridgehead atoms. The Morgan fingerprint density at radius 2 is 2.17 bits per heavy atom. The molecule has 0 fully saturated rings. The first-order valence-corrected chi connectivity index (χ1v) is 6.17. The lowest BCUT2D eigenvalue weighted by Crippen LogP contribution is -2.23. The van der Waals surface area contributed by atoms with E-state index in [0.717, 1.165) is 21.5 Å². The zero-order valence-electron chi connectivity index (χ0n) is 9.57. The Hall–Kier alpha value is -1.47. The zero-order valence-corrected chi connectivity index (χ0v) is 11.2. The summed E-state index contributed by atoms with van der Waals surface area (Å²) in [4.78, 5) is 10.3. The number of nitrogens with two attached hydrogens (primary N) is 1. The van der Waals surface area contributed by atoms with Gasteiger partial charge in [0, 0.05) is 17.6 Å². The number of nitrogens with one attached hydrogen (secondary N) is 1. The van der Waals surface area contributed by atoms with Crippen LogP contribution in [0.25, 0.3) is 0 Å². The van der Waals surface area contributed by atoms with Gasteiger partial charge in [-0.2, -0.15) is 0 Å². The molecule has 2 rings (SSSR count). The molecule has 18 heavy (non-hydrogen) atoms. The van der Waals surface area contributed by atoms with E-state index in [0.29, 0.717) is 13.1 Å². The van der Waals surface area contributed by atoms with Crippen LogP contribution in [-0.2, 0) is 11.3 Å². The van der Waals surface area contributed by atoms with Gasteiger partial charge in [0.15, 0.2) is 11.5 Å². The van der Waals surface area contributed by atoms with Crippen molar-refractivity contribution in [2.24, 2.45) is 5.73 Å². The molecule has 98 valence electrons. The van der Waals surface area contributed by atoms with Crippen molar-refractivity contribution >= 4 is 22.0 Å². The fourth-order valence-corrected chi connectivity index (χ4v) is 2.00. The number of hydrogen-bond donors (Lipinski definition) is 2. The van der Waals surface area contributed by atoms with Crippen LogP contribution in [0.5, 0.6) is 11.5 Å². The Labute approximate surface area is 113 Å². The number of benzene rings is 1. The second kappa shape index (κ2) is 5.92. The second-order valence-corrected chi connectivity index (χ2v) is 4.50. The molecule has 1 aromatic rings. The number of amides is 1. The van der Waals surface area contributed by atoms with E-state index < -0.39 is 6.09 Å². The van der Waals surface area contributed by atoms with E-state index in [-0.39, 0.29) is 13.4 Å². The van der Waals surface area contributed by atoms with E-state index in [4.69, 9.17) is 15.2 Å². The van der Waals surface area contributed by atoms with Crippen LogP contribution in [0.4, 0.5) is 4.79 Å². The van der Waals surface area contributed by atoms with E-state index in [1.807, 2.05) is 12.1 Å². The van der Waals surface area contributed by atoms with Crippen molar-refractivity contribution in [2.75, 3.05) is 19.9 Å². The summed E-state index contributed by atoms with van der Waals surface area (Å²) in [5.41, 5.74) is 5.88. The van der Waals surface area contributed by atoms with Crippen molar-refractivity contribution in [2.45, 2.75) is 6.54 Å². The molecule has 0 unspecified atom stereocenters. The van der Waals surface area contributed by atoms with Gasteiger partial charge in [-0.1, -0.05) is 15.9 Å². The van der Waals surface area contributed by atoms with Crippen LogP contribution in [-0.4, -0.2) is 26.0 Å². The Balaban J connectivity index is 1.84. The summed E-state index contributed by atoms with van der Waals surface area (Å²) in [7, 11) is 0. The largest absolute Gasteiger partial charge is 0.454 e. The highest BCUT2D eigenvalue weighted by atomic mass is 79.9. The van der Waals surface area contributed by atoms with Gasteiger partial charge < -0.3 is 25.3 Å². The molecule has 0 saturated carbocycles. The van der Waals surface area contributed by atoms with Gasteiger partial charge in [-0.15, -0.1) is 0 Å². The average Bonchev–Trinajstić information content (AvgIpc) is 2.75. The van der Waals surface area contributed by atoms with Crippen LogP contribution in [0.3, 0.4) is 0 Å². The number of primary amides is 1. The lowest BCUT2D eigenvalue weighted by Gasteiger charge is -2.08. The molecule has 3 N–H and O–H groups in total. The molecular formula is C11H13BrN2O4. The van der Waals surface area contributed by atoms with Gasteiger partial charge in [0.1, 0.15) is 6.61 Å². The van der Waals surface area contributed by atoms with Gasteiger partial charge >= 0.3 is 6.09 Å². The minimum Gasteiger partial charge on any atom is -0.454 e. The minimum atomic E-state index is -0.763. The predicted octanol–water partition coefficient (Wildman–Crippen LogP) is 1.36. The van der Waals surface area contributed by atoms with Crippen molar-refractivity contribution in [3.8, 4) is 11.5 Å². The summed E-state index contributed by atoms with van der Waals surface area (Å²) in [6.45, 7) is 1.66. The molecule has 0 spiro atoms. The fourth-order valence-electron chi connectivity index (χ4n) is 1.54. The van der Waals surface area contributed by atoms with Crippen LogP contribution < -0.4 is 20.5 Å². The van der Waals surface area contributed by atoms with Crippen molar-refractivity contribution in [3.63, 3.8) is 0 Å². The van der Waals surface area contributed by atoms with Crippen LogP contribution >= 0.6 is 15.9 Å². The predicted molar refractivity (Wildman–Crippen MR) is 67.5 cm³/mol. The van der Waals surface area contributed by atoms with Crippen molar-refractivity contribution in [3.05, 3.63) is 22.2 Å².